The van der Waals surface area contributed by atoms with Crippen molar-refractivity contribution in [3.63, 3.8) is 0 Å². The van der Waals surface area contributed by atoms with Crippen LogP contribution >= 0.6 is 0 Å². The Morgan fingerprint density at radius 1 is 0.815 bits per heavy atom. The summed E-state index contributed by atoms with van der Waals surface area (Å²) in [5.74, 6) is -1.72. The van der Waals surface area contributed by atoms with Crippen LogP contribution in [0, 0.1) is 34.5 Å². The molecule has 15 heteroatoms. The van der Waals surface area contributed by atoms with Crippen LogP contribution in [0.3, 0.4) is 0 Å². The Kier molecular flexibility index (Phi) is 13.9. The van der Waals surface area contributed by atoms with Crippen molar-refractivity contribution >= 4 is 17.9 Å². The van der Waals surface area contributed by atoms with E-state index >= 15 is 0 Å². The van der Waals surface area contributed by atoms with Crippen LogP contribution in [0.15, 0.2) is 66.2 Å². The van der Waals surface area contributed by atoms with Gasteiger partial charge >= 0.3 is 17.9 Å². The van der Waals surface area contributed by atoms with Crippen molar-refractivity contribution in [1.29, 1.82) is 0 Å². The lowest BCUT2D eigenvalue weighted by Gasteiger charge is -2.59. The minimum absolute atomic E-state index is 0.0466. The van der Waals surface area contributed by atoms with Crippen molar-refractivity contribution < 1.29 is 73.1 Å². The minimum Gasteiger partial charge on any atom is -0.497 e. The molecule has 6 aliphatic rings. The summed E-state index contributed by atoms with van der Waals surface area (Å²) in [5, 5.41) is 57.6. The van der Waals surface area contributed by atoms with Gasteiger partial charge in [0, 0.05) is 18.3 Å². The van der Waals surface area contributed by atoms with Crippen LogP contribution < -0.4 is 4.74 Å². The number of rotatable bonds is 12. The van der Waals surface area contributed by atoms with Gasteiger partial charge in [-0.25, -0.2) is 9.59 Å². The Hall–Kier alpha value is -3.93. The van der Waals surface area contributed by atoms with Gasteiger partial charge in [-0.05, 0) is 117 Å². The van der Waals surface area contributed by atoms with Crippen LogP contribution in [-0.2, 0) is 33.2 Å². The first kappa shape index (κ1) is 47.6. The largest absolute Gasteiger partial charge is 0.497 e. The molecule has 356 valence electrons. The second-order valence-corrected chi connectivity index (χ2v) is 19.9. The number of ether oxygens (including phenoxy) is 7. The van der Waals surface area contributed by atoms with Crippen LogP contribution in [0.1, 0.15) is 106 Å². The van der Waals surface area contributed by atoms with E-state index in [9.17, 15) is 39.9 Å². The number of carbonyl (C=O) groups excluding carboxylic acids is 3. The molecule has 17 atom stereocenters. The van der Waals surface area contributed by atoms with Crippen molar-refractivity contribution in [2.24, 2.45) is 34.5 Å². The van der Waals surface area contributed by atoms with E-state index in [1.807, 2.05) is 13.0 Å². The van der Waals surface area contributed by atoms with Crippen LogP contribution in [-0.4, -0.2) is 131 Å². The number of aliphatic hydroxyl groups is 5. The average Bonchev–Trinajstić information content (AvgIpc) is 3.53. The lowest BCUT2D eigenvalue weighted by atomic mass is 9.46. The Morgan fingerprint density at radius 2 is 1.54 bits per heavy atom. The van der Waals surface area contributed by atoms with Gasteiger partial charge in [0.25, 0.3) is 0 Å². The fourth-order valence-electron chi connectivity index (χ4n) is 12.7. The molecule has 2 aromatic rings. The molecule has 8 rings (SSSR count). The molecule has 0 amide bonds. The molecule has 0 bridgehead atoms. The molecule has 0 aromatic heterocycles. The summed E-state index contributed by atoms with van der Waals surface area (Å²) in [7, 11) is 1.49. The highest BCUT2D eigenvalue weighted by Crippen LogP contribution is 2.69. The van der Waals surface area contributed by atoms with E-state index in [0.29, 0.717) is 36.5 Å². The quantitative estimate of drug-likeness (QED) is 0.111. The topological polar surface area (TPSA) is 217 Å². The standard InChI is InChI=1S/C50H66O15/c1-27(25-60-45(56)29-9-7-6-8-10-29)50(58)40(24-36-34-16-13-31-23-32(52)19-21-48(31,3)35(34)20-22-49(36,50)4)64-47-44(62-28(2)51)42(38(54)26-61-47)63-39-18-17-37(53)41(55)43(39)65-46(57)30-11-14-33(59-5)15-12-30/h6-15,27,32,34-44,47,52-55,58H,16-26H2,1-5H3/t27-,32+,34?,35?,36?,37-,38+,39-,40+,41+,42+,43+,44-,47+,48+,49+,50-/m1/s1. The highest BCUT2D eigenvalue weighted by Gasteiger charge is 2.70. The van der Waals surface area contributed by atoms with Crippen LogP contribution in [0.25, 0.3) is 0 Å². The predicted molar refractivity (Wildman–Crippen MR) is 232 cm³/mol. The molecule has 5 fully saturated rings. The van der Waals surface area contributed by atoms with Crippen molar-refractivity contribution in [2.45, 2.75) is 152 Å². The summed E-state index contributed by atoms with van der Waals surface area (Å²) in [6, 6.07) is 14.8. The smallest absolute Gasteiger partial charge is 0.338 e. The highest BCUT2D eigenvalue weighted by atomic mass is 16.7. The summed E-state index contributed by atoms with van der Waals surface area (Å²) >= 11 is 0. The minimum atomic E-state index is -1.60. The van der Waals surface area contributed by atoms with E-state index < -0.39 is 90.0 Å². The molecule has 1 heterocycles. The SMILES string of the molecule is COc1ccc(C(=O)O[C@@H]2[C@@H](O)[C@H](O)CC[C@H]2O[C@@H]2[C@@H](OC(C)=O)[C@H](O[C@H]3CC4C5CC=C6C[C@@H](O)CC[C@]6(C)C5CC[C@]4(C)[C@@]3(O)[C@H](C)COC(=O)c3ccccc3)OC[C@@H]2O)cc1. The summed E-state index contributed by atoms with van der Waals surface area (Å²) in [6.45, 7) is 7.06. The zero-order valence-electron chi connectivity index (χ0n) is 38.0. The number of aliphatic hydroxyl groups excluding tert-OH is 4. The first-order valence-electron chi connectivity index (χ1n) is 23.3. The normalized spacial score (nSPS) is 40.5. The number of hydrogen-bond acceptors (Lipinski definition) is 15. The Labute approximate surface area is 380 Å². The zero-order valence-corrected chi connectivity index (χ0v) is 38.0. The number of fused-ring (bicyclic) bond motifs is 5. The molecule has 0 spiro atoms. The number of esters is 3. The van der Waals surface area contributed by atoms with Crippen molar-refractivity contribution in [3.05, 3.63) is 77.4 Å². The molecule has 5 N–H and O–H groups in total. The number of carbonyl (C=O) groups is 3. The molecular formula is C50H66O15. The molecule has 15 nitrogen and oxygen atoms in total. The van der Waals surface area contributed by atoms with Gasteiger partial charge < -0.3 is 58.7 Å². The first-order chi connectivity index (χ1) is 31.0. The van der Waals surface area contributed by atoms with Crippen molar-refractivity contribution in [1.82, 2.24) is 0 Å². The van der Waals surface area contributed by atoms with E-state index in [1.165, 1.54) is 31.7 Å². The maximum absolute atomic E-state index is 13.5. The monoisotopic (exact) mass is 906 g/mol. The van der Waals surface area contributed by atoms with Crippen LogP contribution in [0.4, 0.5) is 0 Å². The number of allylic oxidation sites excluding steroid dienone is 1. The van der Waals surface area contributed by atoms with Gasteiger partial charge in [0.2, 0.25) is 0 Å². The van der Waals surface area contributed by atoms with Crippen LogP contribution in [0.2, 0.25) is 0 Å². The zero-order chi connectivity index (χ0) is 46.4. The highest BCUT2D eigenvalue weighted by molar-refractivity contribution is 5.90. The van der Waals surface area contributed by atoms with Gasteiger partial charge in [0.05, 0.1) is 55.9 Å². The molecule has 4 saturated carbocycles. The number of benzene rings is 2. The molecule has 65 heavy (non-hydrogen) atoms. The van der Waals surface area contributed by atoms with Gasteiger partial charge in [-0.3, -0.25) is 4.79 Å². The van der Waals surface area contributed by atoms with Gasteiger partial charge in [0.15, 0.2) is 18.5 Å². The molecular weight excluding hydrogens is 841 g/mol. The predicted octanol–water partition coefficient (Wildman–Crippen LogP) is 4.68. The van der Waals surface area contributed by atoms with E-state index in [4.69, 9.17) is 33.2 Å². The Balaban J connectivity index is 1.08. The van der Waals surface area contributed by atoms with Crippen molar-refractivity contribution in [2.75, 3.05) is 20.3 Å². The van der Waals surface area contributed by atoms with Gasteiger partial charge in [-0.15, -0.1) is 0 Å². The van der Waals surface area contributed by atoms with E-state index in [1.54, 1.807) is 36.4 Å². The third kappa shape index (κ3) is 8.88. The molecule has 0 radical (unpaired) electrons. The van der Waals surface area contributed by atoms with Gasteiger partial charge in [-0.1, -0.05) is 50.6 Å². The number of hydrogen-bond donors (Lipinski definition) is 5. The van der Waals surface area contributed by atoms with E-state index in [-0.39, 0.29) is 55.0 Å². The first-order valence-corrected chi connectivity index (χ1v) is 23.3. The molecule has 1 saturated heterocycles. The molecule has 2 aromatic carbocycles. The fraction of sp³-hybridized carbons (Fsp3) is 0.660. The van der Waals surface area contributed by atoms with Gasteiger partial charge in [-0.2, -0.15) is 0 Å². The Morgan fingerprint density at radius 3 is 2.25 bits per heavy atom. The second kappa shape index (κ2) is 19.0. The van der Waals surface area contributed by atoms with Gasteiger partial charge in [0.1, 0.15) is 29.7 Å². The van der Waals surface area contributed by atoms with Crippen LogP contribution in [0.5, 0.6) is 5.75 Å². The summed E-state index contributed by atoms with van der Waals surface area (Å²) in [5.41, 5.74) is -0.560. The number of methoxy groups -OCH3 is 1. The lowest BCUT2D eigenvalue weighted by molar-refractivity contribution is -0.321. The van der Waals surface area contributed by atoms with E-state index in [0.717, 1.165) is 25.7 Å². The summed E-state index contributed by atoms with van der Waals surface area (Å²) < 4.78 is 42.4. The summed E-state index contributed by atoms with van der Waals surface area (Å²) in [4.78, 5) is 39.5. The van der Waals surface area contributed by atoms with E-state index in [2.05, 4.69) is 19.9 Å². The molecule has 5 aliphatic carbocycles. The second-order valence-electron chi connectivity index (χ2n) is 19.9. The Bertz CT molecular complexity index is 2040. The maximum atomic E-state index is 13.5. The maximum Gasteiger partial charge on any atom is 0.338 e. The fourth-order valence-corrected chi connectivity index (χ4v) is 12.7. The third-order valence-electron chi connectivity index (χ3n) is 16.3. The molecule has 1 aliphatic heterocycles. The average molecular weight is 907 g/mol. The molecule has 3 unspecified atom stereocenters. The lowest BCUT2D eigenvalue weighted by Crippen LogP contribution is -2.63. The summed E-state index contributed by atoms with van der Waals surface area (Å²) in [6.07, 6.45) is -4.50. The third-order valence-corrected chi connectivity index (χ3v) is 16.3. The van der Waals surface area contributed by atoms with Crippen molar-refractivity contribution in [3.8, 4) is 5.75 Å².